The number of benzene rings is 2. The largest absolute Gasteiger partial charge is 0.513 e. The van der Waals surface area contributed by atoms with Gasteiger partial charge in [-0.3, -0.25) is 0 Å². The molecule has 1 aliphatic heterocycles. The SMILES string of the molecule is C=C1OC(=O)O[C@H]([C@H](C)CO[Si](c2ccccc2)(c2ccccc2)C(C)(C)C)[C@H]1C. The summed E-state index contributed by atoms with van der Waals surface area (Å²) in [5.74, 6) is 0.361. The zero-order valence-corrected chi connectivity index (χ0v) is 19.6. The number of carbonyl (C=O) groups excluding carboxylic acids is 1. The maximum atomic E-state index is 11.8. The van der Waals surface area contributed by atoms with E-state index < -0.39 is 14.5 Å². The number of rotatable bonds is 6. The quantitative estimate of drug-likeness (QED) is 0.489. The van der Waals surface area contributed by atoms with E-state index in [1.54, 1.807) is 0 Å². The Morgan fingerprint density at radius 3 is 2.00 bits per heavy atom. The third kappa shape index (κ3) is 4.23. The van der Waals surface area contributed by atoms with E-state index in [2.05, 4.69) is 82.8 Å². The summed E-state index contributed by atoms with van der Waals surface area (Å²) < 4.78 is 17.5. The van der Waals surface area contributed by atoms with Gasteiger partial charge in [-0.2, -0.15) is 0 Å². The summed E-state index contributed by atoms with van der Waals surface area (Å²) in [5, 5.41) is 2.37. The van der Waals surface area contributed by atoms with Gasteiger partial charge in [-0.25, -0.2) is 4.79 Å². The first-order valence-corrected chi connectivity index (χ1v) is 12.4. The molecule has 4 nitrogen and oxygen atoms in total. The molecule has 30 heavy (non-hydrogen) atoms. The predicted octanol–water partition coefficient (Wildman–Crippen LogP) is 4.88. The van der Waals surface area contributed by atoms with Crippen molar-refractivity contribution in [2.75, 3.05) is 6.61 Å². The van der Waals surface area contributed by atoms with E-state index in [-0.39, 0.29) is 23.0 Å². The van der Waals surface area contributed by atoms with Crippen molar-refractivity contribution in [1.82, 2.24) is 0 Å². The first kappa shape index (κ1) is 22.3. The second-order valence-electron chi connectivity index (χ2n) is 9.14. The number of carbonyl (C=O) groups is 1. The van der Waals surface area contributed by atoms with Gasteiger partial charge in [-0.1, -0.05) is 102 Å². The zero-order valence-electron chi connectivity index (χ0n) is 18.6. The second-order valence-corrected chi connectivity index (χ2v) is 13.4. The van der Waals surface area contributed by atoms with Crippen LogP contribution in [0.25, 0.3) is 0 Å². The molecule has 1 heterocycles. The molecule has 3 atom stereocenters. The molecule has 1 aliphatic rings. The maximum Gasteiger partial charge on any atom is 0.513 e. The molecule has 0 spiro atoms. The summed E-state index contributed by atoms with van der Waals surface area (Å²) in [5.41, 5.74) is 0. The number of hydrogen-bond acceptors (Lipinski definition) is 4. The summed E-state index contributed by atoms with van der Waals surface area (Å²) in [6.45, 7) is 15.1. The van der Waals surface area contributed by atoms with Crippen LogP contribution in [0.4, 0.5) is 4.79 Å². The monoisotopic (exact) mass is 424 g/mol. The van der Waals surface area contributed by atoms with Crippen molar-refractivity contribution < 1.29 is 18.7 Å². The molecule has 3 rings (SSSR count). The van der Waals surface area contributed by atoms with E-state index in [0.29, 0.717) is 12.4 Å². The molecule has 160 valence electrons. The van der Waals surface area contributed by atoms with Gasteiger partial charge in [0.25, 0.3) is 8.32 Å². The maximum absolute atomic E-state index is 11.8. The fourth-order valence-corrected chi connectivity index (χ4v) is 9.01. The van der Waals surface area contributed by atoms with Gasteiger partial charge in [0.1, 0.15) is 11.9 Å². The normalized spacial score (nSPS) is 21.0. The summed E-state index contributed by atoms with van der Waals surface area (Å²) in [6, 6.07) is 21.1. The lowest BCUT2D eigenvalue weighted by molar-refractivity contribution is -0.0505. The van der Waals surface area contributed by atoms with Crippen LogP contribution < -0.4 is 10.4 Å². The average Bonchev–Trinajstić information content (AvgIpc) is 2.71. The molecule has 2 aromatic rings. The molecule has 0 unspecified atom stereocenters. The van der Waals surface area contributed by atoms with Crippen LogP contribution in [-0.4, -0.2) is 27.2 Å². The molecule has 0 saturated carbocycles. The standard InChI is InChI=1S/C25H32O4Si/c1-18(23-19(2)20(3)28-24(26)29-23)17-27-30(25(4,5)6,21-13-9-7-10-14-21)22-15-11-8-12-16-22/h7-16,18-19,23H,3,17H2,1-2,4-6H3/t18-,19+,23-/m1/s1. The van der Waals surface area contributed by atoms with Crippen molar-refractivity contribution in [3.63, 3.8) is 0 Å². The summed E-state index contributed by atoms with van der Waals surface area (Å²) in [6.07, 6.45) is -1.00. The Hall–Kier alpha value is -2.37. The third-order valence-corrected chi connectivity index (χ3v) is 11.0. The molecule has 2 aromatic carbocycles. The second kappa shape index (κ2) is 8.78. The number of cyclic esters (lactones) is 2. The minimum absolute atomic E-state index is 0.00810. The number of hydrogen-bond donors (Lipinski definition) is 0. The van der Waals surface area contributed by atoms with Crippen LogP contribution in [0, 0.1) is 11.8 Å². The van der Waals surface area contributed by atoms with E-state index in [1.807, 2.05) is 19.1 Å². The van der Waals surface area contributed by atoms with E-state index >= 15 is 0 Å². The number of ether oxygens (including phenoxy) is 2. The van der Waals surface area contributed by atoms with Gasteiger partial charge in [-0.15, -0.1) is 0 Å². The molecule has 0 amide bonds. The molecule has 0 bridgehead atoms. The lowest BCUT2D eigenvalue weighted by Crippen LogP contribution is -2.67. The molecular formula is C25H32O4Si. The molecule has 5 heteroatoms. The van der Waals surface area contributed by atoms with E-state index in [1.165, 1.54) is 10.4 Å². The summed E-state index contributed by atoms with van der Waals surface area (Å²) in [4.78, 5) is 11.8. The smallest absolute Gasteiger partial charge is 0.430 e. The van der Waals surface area contributed by atoms with Crippen LogP contribution in [0.3, 0.4) is 0 Å². The fraction of sp³-hybridized carbons (Fsp3) is 0.400. The van der Waals surface area contributed by atoms with Crippen LogP contribution in [0.15, 0.2) is 73.0 Å². The van der Waals surface area contributed by atoms with Gasteiger partial charge in [-0.05, 0) is 15.4 Å². The molecule has 0 aliphatic carbocycles. The highest BCUT2D eigenvalue weighted by Gasteiger charge is 2.50. The lowest BCUT2D eigenvalue weighted by atomic mass is 9.92. The van der Waals surface area contributed by atoms with Crippen molar-refractivity contribution in [2.24, 2.45) is 11.8 Å². The Morgan fingerprint density at radius 2 is 1.53 bits per heavy atom. The molecular weight excluding hydrogens is 392 g/mol. The minimum atomic E-state index is -2.63. The average molecular weight is 425 g/mol. The van der Waals surface area contributed by atoms with Gasteiger partial charge >= 0.3 is 6.16 Å². The summed E-state index contributed by atoms with van der Waals surface area (Å²) in [7, 11) is -2.63. The van der Waals surface area contributed by atoms with Crippen LogP contribution in [0.2, 0.25) is 5.04 Å². The highest BCUT2D eigenvalue weighted by atomic mass is 28.4. The fourth-order valence-electron chi connectivity index (χ4n) is 4.34. The Bertz CT molecular complexity index is 834. The van der Waals surface area contributed by atoms with Crippen LogP contribution >= 0.6 is 0 Å². The van der Waals surface area contributed by atoms with Gasteiger partial charge in [0.05, 0.1) is 5.92 Å². The molecule has 0 aromatic heterocycles. The minimum Gasteiger partial charge on any atom is -0.430 e. The van der Waals surface area contributed by atoms with Crippen LogP contribution in [0.1, 0.15) is 34.6 Å². The predicted molar refractivity (Wildman–Crippen MR) is 122 cm³/mol. The first-order chi connectivity index (χ1) is 14.2. The van der Waals surface area contributed by atoms with Crippen molar-refractivity contribution in [3.05, 3.63) is 73.0 Å². The van der Waals surface area contributed by atoms with E-state index in [0.717, 1.165) is 0 Å². The zero-order chi connectivity index (χ0) is 21.9. The third-order valence-electron chi connectivity index (χ3n) is 5.99. The van der Waals surface area contributed by atoms with Crippen LogP contribution in [0.5, 0.6) is 0 Å². The Kier molecular flexibility index (Phi) is 6.53. The highest BCUT2D eigenvalue weighted by Crippen LogP contribution is 2.38. The summed E-state index contributed by atoms with van der Waals surface area (Å²) >= 11 is 0. The topological polar surface area (TPSA) is 44.8 Å². The first-order valence-electron chi connectivity index (χ1n) is 10.5. The Morgan fingerprint density at radius 1 is 1.03 bits per heavy atom. The van der Waals surface area contributed by atoms with E-state index in [4.69, 9.17) is 13.9 Å². The Balaban J connectivity index is 1.97. The van der Waals surface area contributed by atoms with Gasteiger partial charge in [0.2, 0.25) is 0 Å². The van der Waals surface area contributed by atoms with Crippen molar-refractivity contribution in [1.29, 1.82) is 0 Å². The van der Waals surface area contributed by atoms with Crippen molar-refractivity contribution in [2.45, 2.75) is 45.8 Å². The van der Waals surface area contributed by atoms with Crippen molar-refractivity contribution in [3.8, 4) is 0 Å². The van der Waals surface area contributed by atoms with Crippen molar-refractivity contribution >= 4 is 24.8 Å². The Labute approximate surface area is 181 Å². The van der Waals surface area contributed by atoms with Gasteiger partial charge in [0, 0.05) is 12.5 Å². The van der Waals surface area contributed by atoms with Gasteiger partial charge < -0.3 is 13.9 Å². The molecule has 0 radical (unpaired) electrons. The molecule has 1 saturated heterocycles. The highest BCUT2D eigenvalue weighted by molar-refractivity contribution is 6.99. The lowest BCUT2D eigenvalue weighted by Gasteiger charge is -2.44. The van der Waals surface area contributed by atoms with Gasteiger partial charge in [0.15, 0.2) is 0 Å². The van der Waals surface area contributed by atoms with Crippen LogP contribution in [-0.2, 0) is 13.9 Å². The molecule has 1 fully saturated rings. The van der Waals surface area contributed by atoms with E-state index in [9.17, 15) is 4.79 Å². The molecule has 0 N–H and O–H groups in total.